The van der Waals surface area contributed by atoms with Gasteiger partial charge in [-0.25, -0.2) is 0 Å². The van der Waals surface area contributed by atoms with E-state index in [0.29, 0.717) is 17.8 Å². The summed E-state index contributed by atoms with van der Waals surface area (Å²) in [7, 11) is 0. The van der Waals surface area contributed by atoms with E-state index >= 15 is 0 Å². The standard InChI is InChI=1S/C14H22N2OS/c1-9-7-13(10(2)15-9)14(17)8-16-5-6-18-12(4)11(16)3/h7,11-12,15H,5-6,8H2,1-4H3. The van der Waals surface area contributed by atoms with Gasteiger partial charge in [0.2, 0.25) is 0 Å². The third-order valence-corrected chi connectivity index (χ3v) is 5.15. The first kappa shape index (κ1) is 13.7. The zero-order valence-electron chi connectivity index (χ0n) is 11.6. The minimum Gasteiger partial charge on any atom is -0.362 e. The van der Waals surface area contributed by atoms with Gasteiger partial charge >= 0.3 is 0 Å². The average Bonchev–Trinajstić information content (AvgIpc) is 2.64. The lowest BCUT2D eigenvalue weighted by Gasteiger charge is -2.36. The lowest BCUT2D eigenvalue weighted by molar-refractivity contribution is 0.0901. The van der Waals surface area contributed by atoms with Crippen LogP contribution >= 0.6 is 11.8 Å². The number of thioether (sulfide) groups is 1. The number of H-pyrrole nitrogens is 1. The number of hydrogen-bond acceptors (Lipinski definition) is 3. The zero-order chi connectivity index (χ0) is 13.3. The van der Waals surface area contributed by atoms with Crippen molar-refractivity contribution in [2.24, 2.45) is 0 Å². The third-order valence-electron chi connectivity index (χ3n) is 3.81. The molecule has 2 atom stereocenters. The monoisotopic (exact) mass is 266 g/mol. The summed E-state index contributed by atoms with van der Waals surface area (Å²) in [5.74, 6) is 1.37. The molecule has 0 saturated carbocycles. The van der Waals surface area contributed by atoms with E-state index in [1.807, 2.05) is 31.7 Å². The molecule has 0 spiro atoms. The van der Waals surface area contributed by atoms with E-state index in [4.69, 9.17) is 0 Å². The molecule has 0 aromatic carbocycles. The minimum atomic E-state index is 0.239. The number of nitrogens with zero attached hydrogens (tertiary/aromatic N) is 1. The Balaban J connectivity index is 2.05. The molecule has 1 N–H and O–H groups in total. The molecule has 1 aliphatic heterocycles. The molecule has 0 radical (unpaired) electrons. The van der Waals surface area contributed by atoms with Crippen molar-refractivity contribution in [3.8, 4) is 0 Å². The molecule has 4 heteroatoms. The lowest BCUT2D eigenvalue weighted by Crippen LogP contribution is -2.46. The Morgan fingerprint density at radius 3 is 2.83 bits per heavy atom. The van der Waals surface area contributed by atoms with Gasteiger partial charge in [0, 0.05) is 40.5 Å². The number of carbonyl (C=O) groups excluding carboxylic acids is 1. The topological polar surface area (TPSA) is 36.1 Å². The van der Waals surface area contributed by atoms with Crippen molar-refractivity contribution < 1.29 is 4.79 Å². The number of nitrogens with one attached hydrogen (secondary N) is 1. The van der Waals surface area contributed by atoms with Crippen LogP contribution in [-0.2, 0) is 0 Å². The molecule has 0 amide bonds. The molecule has 3 nitrogen and oxygen atoms in total. The fourth-order valence-corrected chi connectivity index (χ4v) is 3.66. The van der Waals surface area contributed by atoms with Crippen LogP contribution in [0.15, 0.2) is 6.07 Å². The number of hydrogen-bond donors (Lipinski definition) is 1. The summed E-state index contributed by atoms with van der Waals surface area (Å²) in [5.41, 5.74) is 2.90. The van der Waals surface area contributed by atoms with Crippen LogP contribution in [0, 0.1) is 13.8 Å². The predicted octanol–water partition coefficient (Wildman–Crippen LogP) is 2.64. The first-order chi connectivity index (χ1) is 8.49. The van der Waals surface area contributed by atoms with Gasteiger partial charge in [0.15, 0.2) is 5.78 Å². The highest BCUT2D eigenvalue weighted by molar-refractivity contribution is 8.00. The zero-order valence-corrected chi connectivity index (χ0v) is 12.4. The normalized spacial score (nSPS) is 25.3. The van der Waals surface area contributed by atoms with Crippen LogP contribution in [0.5, 0.6) is 0 Å². The molecule has 1 fully saturated rings. The molecule has 1 saturated heterocycles. The van der Waals surface area contributed by atoms with Gasteiger partial charge in [-0.1, -0.05) is 6.92 Å². The Kier molecular flexibility index (Phi) is 4.17. The van der Waals surface area contributed by atoms with Crippen molar-refractivity contribution in [1.29, 1.82) is 0 Å². The Labute approximate surface area is 113 Å². The van der Waals surface area contributed by atoms with Crippen LogP contribution in [0.2, 0.25) is 0 Å². The predicted molar refractivity (Wildman–Crippen MR) is 77.6 cm³/mol. The second-order valence-corrected chi connectivity index (χ2v) is 6.69. The van der Waals surface area contributed by atoms with Crippen LogP contribution in [0.1, 0.15) is 35.6 Å². The number of ketones is 1. The van der Waals surface area contributed by atoms with E-state index in [-0.39, 0.29) is 5.78 Å². The maximum Gasteiger partial charge on any atom is 0.178 e. The summed E-state index contributed by atoms with van der Waals surface area (Å²) in [5, 5.41) is 0.612. The van der Waals surface area contributed by atoms with E-state index in [9.17, 15) is 4.79 Å². The van der Waals surface area contributed by atoms with Crippen molar-refractivity contribution in [2.75, 3.05) is 18.8 Å². The van der Waals surface area contributed by atoms with E-state index in [1.165, 1.54) is 0 Å². The summed E-state index contributed by atoms with van der Waals surface area (Å²) < 4.78 is 0. The summed E-state index contributed by atoms with van der Waals surface area (Å²) in [6.45, 7) is 10.00. The minimum absolute atomic E-state index is 0.239. The molecular weight excluding hydrogens is 244 g/mol. The molecule has 2 unspecified atom stereocenters. The number of aryl methyl sites for hydroxylation is 2. The SMILES string of the molecule is Cc1cc(C(=O)CN2CCSC(C)C2C)c(C)[nH]1. The van der Waals surface area contributed by atoms with Crippen molar-refractivity contribution in [1.82, 2.24) is 9.88 Å². The Hall–Kier alpha value is -0.740. The van der Waals surface area contributed by atoms with Gasteiger partial charge in [0.05, 0.1) is 6.54 Å². The Bertz CT molecular complexity index is 441. The van der Waals surface area contributed by atoms with Gasteiger partial charge in [0.25, 0.3) is 0 Å². The van der Waals surface area contributed by atoms with E-state index in [2.05, 4.69) is 23.7 Å². The molecule has 18 heavy (non-hydrogen) atoms. The molecular formula is C14H22N2OS. The first-order valence-electron chi connectivity index (χ1n) is 6.54. The van der Waals surface area contributed by atoms with Gasteiger partial charge in [0.1, 0.15) is 0 Å². The van der Waals surface area contributed by atoms with Crippen LogP contribution in [0.4, 0.5) is 0 Å². The van der Waals surface area contributed by atoms with Crippen LogP contribution < -0.4 is 0 Å². The smallest absolute Gasteiger partial charge is 0.178 e. The van der Waals surface area contributed by atoms with E-state index in [0.717, 1.165) is 29.2 Å². The van der Waals surface area contributed by atoms with Crippen LogP contribution in [0.3, 0.4) is 0 Å². The summed E-state index contributed by atoms with van der Waals surface area (Å²) in [6.07, 6.45) is 0. The van der Waals surface area contributed by atoms with Gasteiger partial charge in [-0.3, -0.25) is 9.69 Å². The van der Waals surface area contributed by atoms with Crippen molar-refractivity contribution >= 4 is 17.5 Å². The van der Waals surface area contributed by atoms with E-state index in [1.54, 1.807) is 0 Å². The second kappa shape index (κ2) is 5.49. The molecule has 0 aliphatic carbocycles. The molecule has 1 aromatic rings. The Morgan fingerprint density at radius 2 is 2.22 bits per heavy atom. The number of Topliss-reactive ketones (excluding diaryl/α,β-unsaturated/α-hetero) is 1. The highest BCUT2D eigenvalue weighted by atomic mass is 32.2. The summed E-state index contributed by atoms with van der Waals surface area (Å²) in [4.78, 5) is 17.8. The number of rotatable bonds is 3. The quantitative estimate of drug-likeness (QED) is 0.854. The van der Waals surface area contributed by atoms with E-state index < -0.39 is 0 Å². The lowest BCUT2D eigenvalue weighted by atomic mass is 10.1. The summed E-state index contributed by atoms with van der Waals surface area (Å²) in [6, 6.07) is 2.44. The van der Waals surface area contributed by atoms with Gasteiger partial charge in [-0.2, -0.15) is 11.8 Å². The van der Waals surface area contributed by atoms with Gasteiger partial charge in [-0.05, 0) is 26.8 Å². The molecule has 1 aromatic heterocycles. The Morgan fingerprint density at radius 1 is 1.50 bits per heavy atom. The molecule has 1 aliphatic rings. The number of aromatic nitrogens is 1. The molecule has 2 rings (SSSR count). The maximum absolute atomic E-state index is 12.3. The fraction of sp³-hybridized carbons (Fsp3) is 0.643. The number of aromatic amines is 1. The first-order valence-corrected chi connectivity index (χ1v) is 7.59. The molecule has 0 bridgehead atoms. The van der Waals surface area contributed by atoms with Crippen molar-refractivity contribution in [3.05, 3.63) is 23.0 Å². The van der Waals surface area contributed by atoms with Crippen LogP contribution in [0.25, 0.3) is 0 Å². The number of carbonyl (C=O) groups is 1. The summed E-state index contributed by atoms with van der Waals surface area (Å²) >= 11 is 2.00. The van der Waals surface area contributed by atoms with Crippen molar-refractivity contribution in [3.63, 3.8) is 0 Å². The highest BCUT2D eigenvalue weighted by Gasteiger charge is 2.27. The second-order valence-electron chi connectivity index (χ2n) is 5.20. The highest BCUT2D eigenvalue weighted by Crippen LogP contribution is 2.24. The largest absolute Gasteiger partial charge is 0.362 e. The van der Waals surface area contributed by atoms with Crippen molar-refractivity contribution in [2.45, 2.75) is 39.0 Å². The average molecular weight is 266 g/mol. The molecule has 2 heterocycles. The fourth-order valence-electron chi connectivity index (χ4n) is 2.50. The van der Waals surface area contributed by atoms with Gasteiger partial charge in [-0.15, -0.1) is 0 Å². The molecule has 100 valence electrons. The maximum atomic E-state index is 12.3. The van der Waals surface area contributed by atoms with Crippen LogP contribution in [-0.4, -0.2) is 45.8 Å². The van der Waals surface area contributed by atoms with Gasteiger partial charge < -0.3 is 4.98 Å². The third kappa shape index (κ3) is 2.81.